The van der Waals surface area contributed by atoms with Gasteiger partial charge < -0.3 is 56.8 Å². The molecule has 0 amide bonds. The molecule has 646 valence electrons. The Kier molecular flexibility index (Phi) is 94.9. The van der Waals surface area contributed by atoms with Crippen LogP contribution in [0.15, 0.2) is 12.2 Å². The number of unbranched alkanes of at least 4 members (excludes halogenated alkanes) is 11. The Balaban J connectivity index is -0.000000270. The Hall–Kier alpha value is -0.740. The number of ether oxygens (including phenoxy) is 12. The summed E-state index contributed by atoms with van der Waals surface area (Å²) in [6, 6.07) is 0. The van der Waals surface area contributed by atoms with Crippen LogP contribution in [-0.2, 0) is 56.8 Å². The van der Waals surface area contributed by atoms with Crippen molar-refractivity contribution < 1.29 is 56.8 Å². The van der Waals surface area contributed by atoms with Crippen LogP contribution in [0.4, 0.5) is 0 Å². The van der Waals surface area contributed by atoms with Gasteiger partial charge in [-0.15, -0.1) is 0 Å². The molecule has 0 aromatic rings. The molecule has 12 nitrogen and oxygen atoms in total. The maximum atomic E-state index is 5.79. The lowest BCUT2D eigenvalue weighted by Gasteiger charge is -2.30. The van der Waals surface area contributed by atoms with E-state index in [1.54, 1.807) is 6.42 Å². The van der Waals surface area contributed by atoms with Crippen LogP contribution in [0.1, 0.15) is 414 Å². The van der Waals surface area contributed by atoms with Crippen molar-refractivity contribution in [3.05, 3.63) is 12.2 Å². The van der Waals surface area contributed by atoms with Gasteiger partial charge >= 0.3 is 0 Å². The van der Waals surface area contributed by atoms with Crippen molar-refractivity contribution in [2.45, 2.75) is 500 Å². The lowest BCUT2D eigenvalue weighted by molar-refractivity contribution is -0.0657. The molecule has 0 heterocycles. The summed E-state index contributed by atoms with van der Waals surface area (Å²) < 4.78 is 65.5. The van der Waals surface area contributed by atoms with E-state index in [4.69, 9.17) is 56.8 Å². The van der Waals surface area contributed by atoms with Gasteiger partial charge in [0.2, 0.25) is 0 Å². The SMILES string of the molecule is CC(C)CCC1CCCC(CCC(C)C)C1.CC(C)CCCCCCCC(C)C.CC(C)OC/C=C/COC(C)C.CC(C)OC1CCC(OC(C)C)CC1.CC(C)OCCCCCCCOC(C)C.CC(C)OCCCCCOC(C)C.CC(C)OCCCCOC(C)C.CC(C)OCCCOC(C)C. The molecule has 0 aromatic carbocycles. The average Bonchev–Trinajstić information content (AvgIpc) is 0.911. The van der Waals surface area contributed by atoms with Gasteiger partial charge in [0.15, 0.2) is 0 Å². The van der Waals surface area contributed by atoms with E-state index in [1.165, 1.54) is 128 Å². The third-order valence-corrected chi connectivity index (χ3v) is 17.0. The lowest BCUT2D eigenvalue weighted by Crippen LogP contribution is -2.29. The Bertz CT molecular complexity index is 1480. The molecule has 0 N–H and O–H groups in total. The fourth-order valence-electron chi connectivity index (χ4n) is 11.3. The van der Waals surface area contributed by atoms with Crippen molar-refractivity contribution in [3.63, 3.8) is 0 Å². The van der Waals surface area contributed by atoms with E-state index >= 15 is 0 Å². The first-order chi connectivity index (χ1) is 49.9. The van der Waals surface area contributed by atoms with Crippen LogP contribution in [0.5, 0.6) is 0 Å². The van der Waals surface area contributed by atoms with Crippen molar-refractivity contribution in [2.75, 3.05) is 66.1 Å². The minimum absolute atomic E-state index is 0.306. The lowest BCUT2D eigenvalue weighted by atomic mass is 9.76. The molecule has 2 unspecified atom stereocenters. The van der Waals surface area contributed by atoms with E-state index in [9.17, 15) is 0 Å². The van der Waals surface area contributed by atoms with E-state index in [0.29, 0.717) is 98.7 Å². The second-order valence-electron chi connectivity index (χ2n) is 35.2. The molecule has 106 heavy (non-hydrogen) atoms. The molecule has 0 aromatic heterocycles. The molecule has 2 fully saturated rings. The van der Waals surface area contributed by atoms with E-state index in [2.05, 4.69) is 166 Å². The van der Waals surface area contributed by atoms with Crippen molar-refractivity contribution >= 4 is 0 Å². The average molecular weight is 1520 g/mol. The summed E-state index contributed by atoms with van der Waals surface area (Å²) in [4.78, 5) is 0. The normalized spacial score (nSPS) is 16.2. The standard InChI is InChI=1S/C16H32.C13H28O2.C13H28.C12H24O2.C11H24O2.C10H22O2.C10H20O2.C9H20O2/c1-13(2)8-10-15-6-5-7-16(12-15)11-9-14(3)4;1-12(2)14-10-8-6-5-7-9-11-15-13(3)4;1-12(2)10-8-6-5-7-9-11-13(3)4;1-9(2)13-11-5-7-12(8-6-11)14-10(3)4;1-10(2)12-8-6-5-7-9-13-11(3)4;2*1-9(2)11-7-5-6-8-12-10(3)4;1-8(2)10-6-5-7-11-9(3)4/h13-16H,5-12H2,1-4H3;12-13H,5-11H2,1-4H3;12-13H,5-11H2,1-4H3;9-12H,5-8H2,1-4H3;10-11H,5-9H2,1-4H3;9-10H,5-8H2,1-4H3;5-6,9-10H,7-8H2,1-4H3;8-9H,5-7H2,1-4H3/b;;;;;;6-5+;. The molecule has 12 heteroatoms. The summed E-state index contributed by atoms with van der Waals surface area (Å²) in [6.07, 6.45) is 48.9. The highest BCUT2D eigenvalue weighted by Gasteiger charge is 2.24. The van der Waals surface area contributed by atoms with Crippen molar-refractivity contribution in [1.29, 1.82) is 0 Å². The Morgan fingerprint density at radius 2 is 0.425 bits per heavy atom. The molecular weight excluding hydrogens is 1320 g/mol. The zero-order valence-corrected chi connectivity index (χ0v) is 77.9. The van der Waals surface area contributed by atoms with Gasteiger partial charge in [0, 0.05) is 52.9 Å². The summed E-state index contributed by atoms with van der Waals surface area (Å²) in [5.74, 6) is 5.72. The number of hydrogen-bond donors (Lipinski definition) is 0. The van der Waals surface area contributed by atoms with Crippen molar-refractivity contribution in [1.82, 2.24) is 0 Å². The van der Waals surface area contributed by atoms with Crippen LogP contribution in [-0.4, -0.2) is 152 Å². The van der Waals surface area contributed by atoms with Gasteiger partial charge in [-0.3, -0.25) is 0 Å². The molecule has 0 saturated heterocycles. The topological polar surface area (TPSA) is 111 Å². The fourth-order valence-corrected chi connectivity index (χ4v) is 11.3. The third-order valence-electron chi connectivity index (χ3n) is 17.0. The zero-order chi connectivity index (χ0) is 81.7. The molecule has 2 rings (SSSR count). The number of rotatable bonds is 55. The first kappa shape index (κ1) is 116. The number of hydrogen-bond acceptors (Lipinski definition) is 12. The minimum Gasteiger partial charge on any atom is -0.379 e. The smallest absolute Gasteiger partial charge is 0.0651 e. The van der Waals surface area contributed by atoms with Gasteiger partial charge in [0.05, 0.1) is 98.7 Å². The van der Waals surface area contributed by atoms with Crippen LogP contribution in [0.3, 0.4) is 0 Å². The molecule has 2 aliphatic carbocycles. The van der Waals surface area contributed by atoms with E-state index in [0.717, 1.165) is 146 Å². The maximum Gasteiger partial charge on any atom is 0.0651 e. The molecule has 2 saturated carbocycles. The van der Waals surface area contributed by atoms with Gasteiger partial charge in [0.25, 0.3) is 0 Å². The summed E-state index contributed by atoms with van der Waals surface area (Å²) in [5.41, 5.74) is 0. The Labute approximate surface area is 666 Å². The van der Waals surface area contributed by atoms with Crippen LogP contribution >= 0.6 is 0 Å². The van der Waals surface area contributed by atoms with Gasteiger partial charge in [0.1, 0.15) is 0 Å². The highest BCUT2D eigenvalue weighted by Crippen LogP contribution is 2.36. The maximum absolute atomic E-state index is 5.79. The molecule has 0 bridgehead atoms. The second kappa shape index (κ2) is 86.7. The molecule has 0 radical (unpaired) electrons. The van der Waals surface area contributed by atoms with Gasteiger partial charge in [-0.1, -0.05) is 177 Å². The van der Waals surface area contributed by atoms with E-state index in [1.807, 2.05) is 67.5 Å². The zero-order valence-electron chi connectivity index (χ0n) is 77.9. The first-order valence-electron chi connectivity index (χ1n) is 45.0. The Morgan fingerprint density at radius 3 is 0.651 bits per heavy atom. The summed E-state index contributed by atoms with van der Waals surface area (Å²) in [6.45, 7) is 76.6. The van der Waals surface area contributed by atoms with Crippen molar-refractivity contribution in [2.24, 2.45) is 35.5 Å². The Morgan fingerprint density at radius 1 is 0.217 bits per heavy atom. The van der Waals surface area contributed by atoms with Gasteiger partial charge in [-0.05, 0) is 285 Å². The van der Waals surface area contributed by atoms with Gasteiger partial charge in [-0.2, -0.15) is 0 Å². The summed E-state index contributed by atoms with van der Waals surface area (Å²) in [7, 11) is 0. The van der Waals surface area contributed by atoms with E-state index < -0.39 is 0 Å². The van der Waals surface area contributed by atoms with Crippen LogP contribution in [0.25, 0.3) is 0 Å². The summed E-state index contributed by atoms with van der Waals surface area (Å²) in [5, 5.41) is 0. The van der Waals surface area contributed by atoms with Gasteiger partial charge in [-0.25, -0.2) is 0 Å². The first-order valence-corrected chi connectivity index (χ1v) is 45.0. The minimum atomic E-state index is 0.306. The van der Waals surface area contributed by atoms with Crippen molar-refractivity contribution in [3.8, 4) is 0 Å². The quantitative estimate of drug-likeness (QED) is 0.0427. The van der Waals surface area contributed by atoms with Crippen LogP contribution in [0, 0.1) is 35.5 Å². The molecule has 0 aliphatic heterocycles. The predicted molar refractivity (Wildman–Crippen MR) is 465 cm³/mol. The highest BCUT2D eigenvalue weighted by atomic mass is 16.5. The largest absolute Gasteiger partial charge is 0.379 e. The summed E-state index contributed by atoms with van der Waals surface area (Å²) >= 11 is 0. The van der Waals surface area contributed by atoms with Crippen LogP contribution in [0.2, 0.25) is 0 Å². The fraction of sp³-hybridized carbons (Fsp3) is 0.979. The van der Waals surface area contributed by atoms with Crippen LogP contribution < -0.4 is 0 Å². The highest BCUT2D eigenvalue weighted by molar-refractivity contribution is 4.81. The third kappa shape index (κ3) is 119. The second-order valence-corrected chi connectivity index (χ2v) is 35.2. The van der Waals surface area contributed by atoms with E-state index in [-0.39, 0.29) is 0 Å². The molecule has 0 spiro atoms. The molecule has 2 atom stereocenters. The molecular formula is C94H198O12. The molecule has 2 aliphatic rings. The monoisotopic (exact) mass is 1520 g/mol. The predicted octanol–water partition coefficient (Wildman–Crippen LogP) is 27.9.